The van der Waals surface area contributed by atoms with Gasteiger partial charge < -0.3 is 9.80 Å². The van der Waals surface area contributed by atoms with Gasteiger partial charge in [-0.2, -0.15) is 0 Å². The van der Waals surface area contributed by atoms with Crippen LogP contribution in [0, 0.1) is 13.8 Å². The Morgan fingerprint density at radius 1 is 1.08 bits per heavy atom. The Bertz CT molecular complexity index is 792. The van der Waals surface area contributed by atoms with Crippen LogP contribution in [0.4, 0.5) is 0 Å². The van der Waals surface area contributed by atoms with E-state index in [0.717, 1.165) is 21.1 Å². The maximum Gasteiger partial charge on any atom is 0.228 e. The van der Waals surface area contributed by atoms with Gasteiger partial charge >= 0.3 is 0 Å². The normalized spacial score (nSPS) is 14.7. The van der Waals surface area contributed by atoms with E-state index in [1.165, 1.54) is 5.56 Å². The van der Waals surface area contributed by atoms with Gasteiger partial charge in [-0.25, -0.2) is 4.98 Å². The van der Waals surface area contributed by atoms with Crippen LogP contribution in [0.2, 0.25) is 0 Å². The van der Waals surface area contributed by atoms with E-state index < -0.39 is 0 Å². The van der Waals surface area contributed by atoms with Crippen LogP contribution in [0.25, 0.3) is 10.6 Å². The Morgan fingerprint density at radius 3 is 2.36 bits per heavy atom. The molecule has 1 aromatic carbocycles. The third-order valence-corrected chi connectivity index (χ3v) is 5.85. The number of thiazole rings is 1. The molecule has 2 heterocycles. The molecule has 0 unspecified atom stereocenters. The van der Waals surface area contributed by atoms with E-state index >= 15 is 0 Å². The summed E-state index contributed by atoms with van der Waals surface area (Å²) < 4.78 is 0. The molecule has 132 valence electrons. The zero-order valence-corrected chi connectivity index (χ0v) is 15.7. The third kappa shape index (κ3) is 3.90. The number of benzene rings is 1. The van der Waals surface area contributed by atoms with Gasteiger partial charge in [0.2, 0.25) is 11.8 Å². The summed E-state index contributed by atoms with van der Waals surface area (Å²) >= 11 is 1.60. The first-order valence-electron chi connectivity index (χ1n) is 8.51. The van der Waals surface area contributed by atoms with Crippen LogP contribution >= 0.6 is 11.3 Å². The van der Waals surface area contributed by atoms with E-state index in [-0.39, 0.29) is 11.8 Å². The molecular weight excluding hydrogens is 334 g/mol. The van der Waals surface area contributed by atoms with Crippen molar-refractivity contribution >= 4 is 23.2 Å². The van der Waals surface area contributed by atoms with Gasteiger partial charge in [0.05, 0.1) is 12.1 Å². The van der Waals surface area contributed by atoms with Crippen LogP contribution < -0.4 is 0 Å². The van der Waals surface area contributed by atoms with Crippen molar-refractivity contribution in [1.82, 2.24) is 14.8 Å². The molecule has 1 fully saturated rings. The topological polar surface area (TPSA) is 53.5 Å². The molecule has 0 aliphatic carbocycles. The lowest BCUT2D eigenvalue weighted by molar-refractivity contribution is -0.137. The highest BCUT2D eigenvalue weighted by molar-refractivity contribution is 7.15. The van der Waals surface area contributed by atoms with Gasteiger partial charge in [0.25, 0.3) is 0 Å². The largest absolute Gasteiger partial charge is 0.339 e. The van der Waals surface area contributed by atoms with E-state index in [2.05, 4.69) is 24.0 Å². The maximum absolute atomic E-state index is 12.6. The maximum atomic E-state index is 12.6. The van der Waals surface area contributed by atoms with Crippen molar-refractivity contribution in [3.8, 4) is 10.6 Å². The number of nitrogens with zero attached hydrogens (tertiary/aromatic N) is 3. The van der Waals surface area contributed by atoms with Crippen molar-refractivity contribution < 1.29 is 9.59 Å². The number of carbonyl (C=O) groups is 2. The summed E-state index contributed by atoms with van der Waals surface area (Å²) in [5.41, 5.74) is 3.25. The number of amides is 2. The number of carbonyl (C=O) groups excluding carboxylic acids is 2. The Balaban J connectivity index is 1.69. The molecule has 6 heteroatoms. The number of piperazine rings is 1. The van der Waals surface area contributed by atoms with Crippen molar-refractivity contribution in [2.75, 3.05) is 26.2 Å². The lowest BCUT2D eigenvalue weighted by atomic mass is 10.1. The first-order chi connectivity index (χ1) is 12.0. The van der Waals surface area contributed by atoms with Crippen LogP contribution in [-0.2, 0) is 16.0 Å². The average Bonchev–Trinajstić information content (AvgIpc) is 2.95. The third-order valence-electron chi connectivity index (χ3n) is 4.66. The number of rotatable bonds is 3. The first-order valence-corrected chi connectivity index (χ1v) is 9.33. The molecular formula is C19H23N3O2S. The van der Waals surface area contributed by atoms with Crippen LogP contribution in [0.1, 0.15) is 23.1 Å². The summed E-state index contributed by atoms with van der Waals surface area (Å²) in [5, 5.41) is 0.972. The van der Waals surface area contributed by atoms with Gasteiger partial charge in [0.1, 0.15) is 5.01 Å². The first kappa shape index (κ1) is 17.6. The Labute approximate surface area is 152 Å². The van der Waals surface area contributed by atoms with E-state index in [1.807, 2.05) is 24.0 Å². The lowest BCUT2D eigenvalue weighted by Gasteiger charge is -2.34. The van der Waals surface area contributed by atoms with Crippen LogP contribution in [-0.4, -0.2) is 52.8 Å². The molecule has 1 aromatic heterocycles. The summed E-state index contributed by atoms with van der Waals surface area (Å²) in [6.45, 7) is 8.08. The Hall–Kier alpha value is -2.21. The highest BCUT2D eigenvalue weighted by atomic mass is 32.1. The molecule has 0 spiro atoms. The van der Waals surface area contributed by atoms with Crippen LogP contribution in [0.3, 0.4) is 0 Å². The van der Waals surface area contributed by atoms with Crippen LogP contribution in [0.15, 0.2) is 24.3 Å². The predicted octanol–water partition coefficient (Wildman–Crippen LogP) is 2.66. The molecule has 1 aliphatic rings. The molecule has 1 saturated heterocycles. The highest BCUT2D eigenvalue weighted by Crippen LogP contribution is 2.30. The second kappa shape index (κ2) is 7.35. The minimum absolute atomic E-state index is 0.0771. The average molecular weight is 357 g/mol. The standard InChI is InChI=1S/C19H23N3O2S/c1-13-6-4-5-7-16(13)19-20-14(2)17(25-19)12-18(24)22-10-8-21(9-11-22)15(3)23/h4-7H,8-12H2,1-3H3. The summed E-state index contributed by atoms with van der Waals surface area (Å²) in [4.78, 5) is 33.3. The van der Waals surface area contributed by atoms with E-state index in [9.17, 15) is 9.59 Å². The Kier molecular flexibility index (Phi) is 5.18. The van der Waals surface area contributed by atoms with Gasteiger partial charge in [-0.1, -0.05) is 24.3 Å². The fourth-order valence-electron chi connectivity index (χ4n) is 3.04. The Morgan fingerprint density at radius 2 is 1.72 bits per heavy atom. The smallest absolute Gasteiger partial charge is 0.228 e. The molecule has 25 heavy (non-hydrogen) atoms. The fourth-order valence-corrected chi connectivity index (χ4v) is 4.18. The van der Waals surface area contributed by atoms with Crippen molar-refractivity contribution in [2.45, 2.75) is 27.2 Å². The summed E-state index contributed by atoms with van der Waals surface area (Å²) in [6.07, 6.45) is 0.384. The second-order valence-corrected chi connectivity index (χ2v) is 7.49. The summed E-state index contributed by atoms with van der Waals surface area (Å²) in [6, 6.07) is 8.18. The zero-order valence-electron chi connectivity index (χ0n) is 14.9. The SMILES string of the molecule is CC(=O)N1CCN(C(=O)Cc2sc(-c3ccccc3C)nc2C)CC1. The molecule has 0 bridgehead atoms. The molecule has 0 N–H and O–H groups in total. The summed E-state index contributed by atoms with van der Waals surface area (Å²) in [7, 11) is 0. The van der Waals surface area contributed by atoms with Crippen molar-refractivity contribution in [2.24, 2.45) is 0 Å². The fraction of sp³-hybridized carbons (Fsp3) is 0.421. The molecule has 2 amide bonds. The number of aryl methyl sites for hydroxylation is 2. The molecule has 5 nitrogen and oxygen atoms in total. The number of aromatic nitrogens is 1. The van der Waals surface area contributed by atoms with Crippen molar-refractivity contribution in [3.63, 3.8) is 0 Å². The van der Waals surface area contributed by atoms with Crippen LogP contribution in [0.5, 0.6) is 0 Å². The quantitative estimate of drug-likeness (QED) is 0.849. The lowest BCUT2D eigenvalue weighted by Crippen LogP contribution is -2.50. The van der Waals surface area contributed by atoms with Gasteiger partial charge in [-0.05, 0) is 19.4 Å². The number of hydrogen-bond donors (Lipinski definition) is 0. The number of hydrogen-bond acceptors (Lipinski definition) is 4. The molecule has 0 saturated carbocycles. The van der Waals surface area contributed by atoms with Gasteiger partial charge in [0.15, 0.2) is 0 Å². The monoisotopic (exact) mass is 357 g/mol. The summed E-state index contributed by atoms with van der Waals surface area (Å²) in [5.74, 6) is 0.194. The second-order valence-electron chi connectivity index (χ2n) is 6.41. The van der Waals surface area contributed by atoms with Crippen molar-refractivity contribution in [3.05, 3.63) is 40.4 Å². The molecule has 2 aromatic rings. The predicted molar refractivity (Wildman–Crippen MR) is 99.6 cm³/mol. The van der Waals surface area contributed by atoms with Crippen molar-refractivity contribution in [1.29, 1.82) is 0 Å². The molecule has 0 atom stereocenters. The van der Waals surface area contributed by atoms with E-state index in [0.29, 0.717) is 32.6 Å². The van der Waals surface area contributed by atoms with Gasteiger partial charge in [-0.15, -0.1) is 11.3 Å². The minimum Gasteiger partial charge on any atom is -0.339 e. The molecule has 3 rings (SSSR count). The van der Waals surface area contributed by atoms with E-state index in [4.69, 9.17) is 0 Å². The molecule has 0 radical (unpaired) electrons. The zero-order chi connectivity index (χ0) is 18.0. The molecule has 1 aliphatic heterocycles. The van der Waals surface area contributed by atoms with E-state index in [1.54, 1.807) is 23.2 Å². The highest BCUT2D eigenvalue weighted by Gasteiger charge is 2.23. The van der Waals surface area contributed by atoms with Gasteiger partial charge in [0, 0.05) is 43.5 Å². The minimum atomic E-state index is 0.0771. The van der Waals surface area contributed by atoms with Gasteiger partial charge in [-0.3, -0.25) is 9.59 Å².